The highest BCUT2D eigenvalue weighted by molar-refractivity contribution is 7.12. The number of fused-ring (bicyclic) bond motifs is 1. The predicted molar refractivity (Wildman–Crippen MR) is 96.3 cm³/mol. The van der Waals surface area contributed by atoms with Gasteiger partial charge in [0.25, 0.3) is 5.91 Å². The lowest BCUT2D eigenvalue weighted by molar-refractivity contribution is 0.0601. The molecule has 3 aromatic rings. The summed E-state index contributed by atoms with van der Waals surface area (Å²) in [6, 6.07) is 8.00. The lowest BCUT2D eigenvalue weighted by Gasteiger charge is -2.14. The molecule has 0 spiro atoms. The zero-order valence-corrected chi connectivity index (χ0v) is 15.0. The number of anilines is 1. The van der Waals surface area contributed by atoms with E-state index in [4.69, 9.17) is 14.2 Å². The second-order valence-corrected chi connectivity index (χ2v) is 5.94. The van der Waals surface area contributed by atoms with Gasteiger partial charge in [-0.2, -0.15) is 0 Å². The number of aromatic nitrogens is 2. The van der Waals surface area contributed by atoms with E-state index in [2.05, 4.69) is 14.9 Å². The molecule has 0 unspecified atom stereocenters. The fourth-order valence-corrected chi connectivity index (χ4v) is 2.97. The van der Waals surface area contributed by atoms with Crippen molar-refractivity contribution in [1.82, 2.24) is 9.59 Å². The minimum absolute atomic E-state index is 0.152. The van der Waals surface area contributed by atoms with Gasteiger partial charge in [-0.05, 0) is 29.7 Å². The topological polar surface area (TPSA) is 99.6 Å². The molecular weight excluding hydrogens is 358 g/mol. The van der Waals surface area contributed by atoms with Crippen LogP contribution >= 0.6 is 11.5 Å². The van der Waals surface area contributed by atoms with E-state index >= 15 is 0 Å². The van der Waals surface area contributed by atoms with Gasteiger partial charge in [-0.25, -0.2) is 4.79 Å². The van der Waals surface area contributed by atoms with Crippen LogP contribution in [-0.4, -0.2) is 42.8 Å². The highest BCUT2D eigenvalue weighted by Crippen LogP contribution is 2.34. The molecule has 0 saturated carbocycles. The Morgan fingerprint density at radius 2 is 1.77 bits per heavy atom. The number of carbonyl (C=O) groups excluding carboxylic acids is 2. The van der Waals surface area contributed by atoms with E-state index in [9.17, 15) is 9.59 Å². The number of ether oxygens (including phenoxy) is 3. The maximum Gasteiger partial charge on any atom is 0.340 e. The first kappa shape index (κ1) is 17.6. The molecule has 1 amide bonds. The highest BCUT2D eigenvalue weighted by Gasteiger charge is 2.20. The van der Waals surface area contributed by atoms with E-state index in [-0.39, 0.29) is 11.3 Å². The molecule has 1 N–H and O–H groups in total. The zero-order valence-electron chi connectivity index (χ0n) is 14.2. The minimum Gasteiger partial charge on any atom is -0.493 e. The molecule has 0 aliphatic heterocycles. The van der Waals surface area contributed by atoms with E-state index in [1.807, 2.05) is 0 Å². The Morgan fingerprint density at radius 1 is 1.04 bits per heavy atom. The second kappa shape index (κ2) is 7.36. The molecule has 0 fully saturated rings. The van der Waals surface area contributed by atoms with Crippen LogP contribution in [0, 0.1) is 0 Å². The van der Waals surface area contributed by atoms with Gasteiger partial charge < -0.3 is 19.5 Å². The van der Waals surface area contributed by atoms with Crippen LogP contribution in [0.2, 0.25) is 0 Å². The number of methoxy groups -OCH3 is 3. The number of benzene rings is 2. The van der Waals surface area contributed by atoms with Crippen molar-refractivity contribution < 1.29 is 23.8 Å². The van der Waals surface area contributed by atoms with Crippen LogP contribution in [0.1, 0.15) is 20.7 Å². The lowest BCUT2D eigenvalue weighted by Crippen LogP contribution is -2.16. The first-order valence-corrected chi connectivity index (χ1v) is 8.22. The van der Waals surface area contributed by atoms with E-state index in [0.717, 1.165) is 4.70 Å². The third-order valence-electron chi connectivity index (χ3n) is 3.69. The molecule has 0 radical (unpaired) electrons. The number of rotatable bonds is 5. The van der Waals surface area contributed by atoms with Crippen LogP contribution in [0.3, 0.4) is 0 Å². The summed E-state index contributed by atoms with van der Waals surface area (Å²) in [5, 5.41) is 6.65. The maximum absolute atomic E-state index is 12.6. The summed E-state index contributed by atoms with van der Waals surface area (Å²) in [7, 11) is 4.18. The van der Waals surface area contributed by atoms with Crippen molar-refractivity contribution >= 4 is 39.3 Å². The van der Waals surface area contributed by atoms with Gasteiger partial charge in [0.2, 0.25) is 0 Å². The standard InChI is InChI=1S/C17H15N3O5S/c1-23-13-7-10(17(22)25-3)12(8-14(13)24-2)18-16(21)9-4-5-11-15(6-9)26-20-19-11/h4-8H,1-3H3,(H,18,21). The normalized spacial score (nSPS) is 10.4. The molecule has 3 rings (SSSR count). The van der Waals surface area contributed by atoms with E-state index in [0.29, 0.717) is 22.6 Å². The highest BCUT2D eigenvalue weighted by atomic mass is 32.1. The average molecular weight is 373 g/mol. The Kier molecular flexibility index (Phi) is 4.99. The summed E-state index contributed by atoms with van der Waals surface area (Å²) in [4.78, 5) is 24.7. The third kappa shape index (κ3) is 3.29. The van der Waals surface area contributed by atoms with Crippen molar-refractivity contribution in [2.45, 2.75) is 0 Å². The van der Waals surface area contributed by atoms with E-state index < -0.39 is 11.9 Å². The fourth-order valence-electron chi connectivity index (χ4n) is 2.38. The van der Waals surface area contributed by atoms with Crippen molar-refractivity contribution in [3.8, 4) is 11.5 Å². The SMILES string of the molecule is COC(=O)c1cc(OC)c(OC)cc1NC(=O)c1ccc2nnsc2c1. The van der Waals surface area contributed by atoms with Gasteiger partial charge in [-0.3, -0.25) is 4.79 Å². The molecule has 26 heavy (non-hydrogen) atoms. The van der Waals surface area contributed by atoms with Crippen LogP contribution in [-0.2, 0) is 4.74 Å². The second-order valence-electron chi connectivity index (χ2n) is 5.15. The van der Waals surface area contributed by atoms with Crippen molar-refractivity contribution in [1.29, 1.82) is 0 Å². The summed E-state index contributed by atoms with van der Waals surface area (Å²) < 4.78 is 19.9. The van der Waals surface area contributed by atoms with Crippen molar-refractivity contribution in [2.75, 3.05) is 26.6 Å². The van der Waals surface area contributed by atoms with Crippen molar-refractivity contribution in [3.63, 3.8) is 0 Å². The maximum atomic E-state index is 12.6. The van der Waals surface area contributed by atoms with Gasteiger partial charge in [0.05, 0.1) is 37.3 Å². The molecule has 8 nitrogen and oxygen atoms in total. The number of nitrogens with zero attached hydrogens (tertiary/aromatic N) is 2. The molecule has 0 aliphatic carbocycles. The molecule has 1 heterocycles. The molecule has 0 bridgehead atoms. The summed E-state index contributed by atoms with van der Waals surface area (Å²) >= 11 is 1.20. The number of esters is 1. The van der Waals surface area contributed by atoms with Crippen LogP contribution in [0.5, 0.6) is 11.5 Å². The van der Waals surface area contributed by atoms with Crippen molar-refractivity contribution in [3.05, 3.63) is 41.5 Å². The first-order chi connectivity index (χ1) is 12.6. The van der Waals surface area contributed by atoms with E-state index in [1.54, 1.807) is 18.2 Å². The largest absolute Gasteiger partial charge is 0.493 e. The number of carbonyl (C=O) groups is 2. The molecule has 0 aliphatic rings. The molecule has 0 atom stereocenters. The number of hydrogen-bond donors (Lipinski definition) is 1. The van der Waals surface area contributed by atoms with Gasteiger partial charge in [0, 0.05) is 17.7 Å². The third-order valence-corrected chi connectivity index (χ3v) is 4.37. The smallest absolute Gasteiger partial charge is 0.340 e. The van der Waals surface area contributed by atoms with Gasteiger partial charge in [0.1, 0.15) is 5.52 Å². The molecule has 9 heteroatoms. The van der Waals surface area contributed by atoms with Crippen LogP contribution < -0.4 is 14.8 Å². The summed E-state index contributed by atoms with van der Waals surface area (Å²) in [6.07, 6.45) is 0. The number of nitrogens with one attached hydrogen (secondary N) is 1. The van der Waals surface area contributed by atoms with Gasteiger partial charge >= 0.3 is 5.97 Å². The summed E-state index contributed by atoms with van der Waals surface area (Å²) in [5.41, 5.74) is 1.53. The van der Waals surface area contributed by atoms with Gasteiger partial charge in [-0.15, -0.1) is 5.10 Å². The summed E-state index contributed by atoms with van der Waals surface area (Å²) in [5.74, 6) is -0.276. The average Bonchev–Trinajstić information content (AvgIpc) is 3.14. The Morgan fingerprint density at radius 3 is 2.46 bits per heavy atom. The fraction of sp³-hybridized carbons (Fsp3) is 0.176. The quantitative estimate of drug-likeness (QED) is 0.686. The Hall–Kier alpha value is -3.20. The summed E-state index contributed by atoms with van der Waals surface area (Å²) in [6.45, 7) is 0. The number of hydrogen-bond acceptors (Lipinski definition) is 8. The van der Waals surface area contributed by atoms with Crippen molar-refractivity contribution in [2.24, 2.45) is 0 Å². The monoisotopic (exact) mass is 373 g/mol. The Bertz CT molecular complexity index is 986. The molecule has 1 aromatic heterocycles. The van der Waals surface area contributed by atoms with Crippen LogP contribution in [0.4, 0.5) is 5.69 Å². The molecule has 2 aromatic carbocycles. The van der Waals surface area contributed by atoms with Crippen LogP contribution in [0.25, 0.3) is 10.2 Å². The predicted octanol–water partition coefficient (Wildman–Crippen LogP) is 2.75. The van der Waals surface area contributed by atoms with Crippen LogP contribution in [0.15, 0.2) is 30.3 Å². The molecule has 134 valence electrons. The first-order valence-electron chi connectivity index (χ1n) is 7.45. The van der Waals surface area contributed by atoms with Gasteiger partial charge in [-0.1, -0.05) is 4.49 Å². The number of amides is 1. The lowest BCUT2D eigenvalue weighted by atomic mass is 10.1. The molecule has 0 saturated heterocycles. The minimum atomic E-state index is -0.608. The Balaban J connectivity index is 1.98. The zero-order chi connectivity index (χ0) is 18.7. The molecular formula is C17H15N3O5S. The van der Waals surface area contributed by atoms with Gasteiger partial charge in [0.15, 0.2) is 11.5 Å². The van der Waals surface area contributed by atoms with E-state index in [1.165, 1.54) is 45.0 Å². The Labute approximate surface area is 152 Å².